The topological polar surface area (TPSA) is 57.4 Å². The van der Waals surface area contributed by atoms with Crippen LogP contribution in [-0.4, -0.2) is 90.5 Å². The number of Topliss-reactive ketones (excluding diaryl/α,β-unsaturated/α-hetero) is 2. The third-order valence-electron chi connectivity index (χ3n) is 15.1. The van der Waals surface area contributed by atoms with Crippen LogP contribution in [0.25, 0.3) is 5.69 Å². The Balaban J connectivity index is 0.000000295. The van der Waals surface area contributed by atoms with Crippen molar-refractivity contribution >= 4 is 17.3 Å². The van der Waals surface area contributed by atoms with E-state index in [1.54, 1.807) is 0 Å². The number of aromatic nitrogens is 6. The SMILES string of the molecule is CC[n+]1ccc(C)cc1.CC[n+]1cccc(C)c1.Cc1cc[n+](C)cc1.Cc1ccc(-[n+]2ccccc2)cc1.Cc1ccc(C(=O)C[N+](C)(C)C)cc1.Cc1ccc(C(=O)C[n+]2ccccc2)cc1.Cc1ccc(C[N+](C)(C)C)cc1.Cc1ccc([N+](C)(C)C)cc1.Cc1ccc[n+](C)c1. The molecule has 5 aromatic carbocycles. The predicted molar refractivity (Wildman–Crippen MR) is 416 cm³/mol. The van der Waals surface area contributed by atoms with Crippen molar-refractivity contribution in [1.82, 2.24) is 4.48 Å². The number of likely N-dealkylation sites (N-methyl/N-ethyl adjacent to an activating group) is 1. The van der Waals surface area contributed by atoms with Gasteiger partial charge in [-0.3, -0.25) is 14.1 Å². The van der Waals surface area contributed by atoms with E-state index in [1.165, 1.54) is 67.0 Å². The van der Waals surface area contributed by atoms with Crippen LogP contribution in [0.5, 0.6) is 0 Å². The third kappa shape index (κ3) is 38.4. The van der Waals surface area contributed by atoms with E-state index >= 15 is 0 Å². The molecule has 0 N–H and O–H groups in total. The molecule has 0 saturated carbocycles. The molecule has 0 spiro atoms. The van der Waals surface area contributed by atoms with Crippen LogP contribution in [0.2, 0.25) is 0 Å². The van der Waals surface area contributed by atoms with Crippen molar-refractivity contribution in [3.05, 3.63) is 347 Å². The Labute approximate surface area is 603 Å². The van der Waals surface area contributed by atoms with Gasteiger partial charge in [-0.05, 0) is 112 Å². The molecule has 0 unspecified atom stereocenters. The predicted octanol–water partition coefficient (Wildman–Crippen LogP) is 15.0. The summed E-state index contributed by atoms with van der Waals surface area (Å²) in [5.74, 6) is 0.341. The van der Waals surface area contributed by atoms with Crippen LogP contribution in [-0.2, 0) is 40.3 Å². The van der Waals surface area contributed by atoms with Crippen molar-refractivity contribution in [2.24, 2.45) is 14.1 Å². The molecule has 11 aromatic rings. The first kappa shape index (κ1) is 84.4. The molecule has 0 aliphatic rings. The van der Waals surface area contributed by atoms with E-state index in [-0.39, 0.29) is 11.6 Å². The minimum absolute atomic E-state index is 0.135. The van der Waals surface area contributed by atoms with Gasteiger partial charge in [0.15, 0.2) is 74.4 Å². The van der Waals surface area contributed by atoms with E-state index in [2.05, 4.69) is 265 Å². The van der Waals surface area contributed by atoms with E-state index in [0.717, 1.165) is 39.7 Å². The average molecular weight is 1350 g/mol. The van der Waals surface area contributed by atoms with Crippen LogP contribution in [0.3, 0.4) is 0 Å². The summed E-state index contributed by atoms with van der Waals surface area (Å²) in [7, 11) is 23.2. The van der Waals surface area contributed by atoms with Gasteiger partial charge in [-0.1, -0.05) is 137 Å². The number of hydrogen-bond acceptors (Lipinski definition) is 2. The maximum absolute atomic E-state index is 11.9. The van der Waals surface area contributed by atoms with E-state index in [1.807, 2.05) is 197 Å². The van der Waals surface area contributed by atoms with Gasteiger partial charge < -0.3 is 8.97 Å². The van der Waals surface area contributed by atoms with Gasteiger partial charge in [-0.2, -0.15) is 9.13 Å². The lowest BCUT2D eigenvalue weighted by Crippen LogP contribution is -2.39. The van der Waals surface area contributed by atoms with Gasteiger partial charge >= 0.3 is 0 Å². The van der Waals surface area contributed by atoms with Crippen molar-refractivity contribution < 1.29 is 46.0 Å². The van der Waals surface area contributed by atoms with E-state index in [0.29, 0.717) is 17.6 Å². The lowest BCUT2D eigenvalue weighted by atomic mass is 10.1. The highest BCUT2D eigenvalue weighted by atomic mass is 16.1. The molecule has 526 valence electrons. The summed E-state index contributed by atoms with van der Waals surface area (Å²) >= 11 is 0. The van der Waals surface area contributed by atoms with E-state index in [9.17, 15) is 9.59 Å². The van der Waals surface area contributed by atoms with Gasteiger partial charge in [-0.25, -0.2) is 18.3 Å². The molecule has 0 saturated heterocycles. The number of nitrogens with zero attached hydrogens (tertiary/aromatic N) is 9. The van der Waals surface area contributed by atoms with Crippen molar-refractivity contribution in [2.45, 2.75) is 102 Å². The van der Waals surface area contributed by atoms with Crippen molar-refractivity contribution in [1.29, 1.82) is 0 Å². The van der Waals surface area contributed by atoms with E-state index < -0.39 is 0 Å². The number of hydrogen-bond donors (Lipinski definition) is 0. The fourth-order valence-electron chi connectivity index (χ4n) is 9.22. The Hall–Kier alpha value is -9.78. The fourth-order valence-corrected chi connectivity index (χ4v) is 9.22. The maximum Gasteiger partial charge on any atom is 0.227 e. The Morgan fingerprint density at radius 1 is 0.320 bits per heavy atom. The molecule has 11 nitrogen and oxygen atoms in total. The first-order valence-electron chi connectivity index (χ1n) is 34.7. The van der Waals surface area contributed by atoms with Crippen LogP contribution in [0.4, 0.5) is 5.69 Å². The van der Waals surface area contributed by atoms with Crippen LogP contribution in [0.15, 0.2) is 281 Å². The molecule has 0 aliphatic heterocycles. The number of quaternary nitrogens is 3. The highest BCUT2D eigenvalue weighted by Gasteiger charge is 2.16. The fraction of sp³-hybridized carbons (Fsp3) is 0.303. The normalized spacial score (nSPS) is 10.4. The average Bonchev–Trinajstić information content (AvgIpc) is 2.24. The molecule has 11 rings (SSSR count). The molecule has 6 heterocycles. The minimum Gasteiger partial charge on any atom is -0.327 e. The van der Waals surface area contributed by atoms with Gasteiger partial charge in [0.25, 0.3) is 0 Å². The second-order valence-corrected chi connectivity index (χ2v) is 28.5. The smallest absolute Gasteiger partial charge is 0.227 e. The first-order valence-corrected chi connectivity index (χ1v) is 34.7. The quantitative estimate of drug-likeness (QED) is 0.0695. The summed E-state index contributed by atoms with van der Waals surface area (Å²) in [6.07, 6.45) is 24.5. The number of carbonyl (C=O) groups is 2. The zero-order valence-corrected chi connectivity index (χ0v) is 64.9. The molecular weight excluding hydrogens is 1230 g/mol. The number of pyridine rings is 6. The summed E-state index contributed by atoms with van der Waals surface area (Å²) in [4.78, 5) is 23.7. The molecule has 11 heteroatoms. The van der Waals surface area contributed by atoms with Gasteiger partial charge in [0, 0.05) is 101 Å². The van der Waals surface area contributed by atoms with Crippen LogP contribution >= 0.6 is 0 Å². The lowest BCUT2D eigenvalue weighted by molar-refractivity contribution is -0.884. The molecule has 0 aliphatic carbocycles. The monoisotopic (exact) mass is 1350 g/mol. The van der Waals surface area contributed by atoms with Crippen molar-refractivity contribution in [3.63, 3.8) is 0 Å². The van der Waals surface area contributed by atoms with Crippen molar-refractivity contribution in [2.75, 3.05) is 70.0 Å². The lowest BCUT2D eigenvalue weighted by Gasteiger charge is -2.23. The van der Waals surface area contributed by atoms with E-state index in [4.69, 9.17) is 0 Å². The Bertz CT molecular complexity index is 3990. The van der Waals surface area contributed by atoms with Gasteiger partial charge in [0.2, 0.25) is 23.8 Å². The Morgan fingerprint density at radius 2 is 0.700 bits per heavy atom. The summed E-state index contributed by atoms with van der Waals surface area (Å²) in [5, 5.41) is 0. The van der Waals surface area contributed by atoms with Crippen molar-refractivity contribution in [3.8, 4) is 5.69 Å². The Kier molecular flexibility index (Phi) is 37.4. The van der Waals surface area contributed by atoms with Gasteiger partial charge in [0.05, 0.1) is 63.4 Å². The van der Waals surface area contributed by atoms with Gasteiger partial charge in [-0.15, -0.1) is 0 Å². The molecule has 0 radical (unpaired) electrons. The number of aryl methyl sites for hydroxylation is 13. The number of rotatable bonds is 12. The minimum atomic E-state index is 0.135. The number of ketones is 2. The molecule has 6 aromatic heterocycles. The summed E-state index contributed by atoms with van der Waals surface area (Å²) in [5.41, 5.74) is 17.1. The second kappa shape index (κ2) is 44.3. The largest absolute Gasteiger partial charge is 0.327 e. The molecule has 100 heavy (non-hydrogen) atoms. The standard InChI is InChI=1S/C14H14NO.C12H18NO.C12H12N.C11H18N.C10H16N.2C8H12N.2C7H10N/c1-12-5-7-13(8-6-12)14(16)11-15-9-3-2-4-10-15;1-10-5-7-11(8-6-10)12(14)9-13(2,3)4;1-11-5-7-12(8-6-11)13-9-3-2-4-10-13;1-10-5-7-11(8-6-10)9-12(2,3)4;1-9-5-7-10(8-6-9)11(2,3)4;1-3-9-6-4-8(2)5-7-9;1-3-9-6-4-5-8(2)7-9;1-7-3-5-8(2)6-4-7;1-7-4-3-5-8(2)6-7/h2-10H,11H2,1H3;5-8H,9H2,1-4H3;2-10H,1H3;5-8H,9H2,1-4H3;5-8H,1-4H3;2*4-7H,3H2,1-2H3;2*3-6H,1-2H3/q9*+1. The molecule has 0 fully saturated rings. The number of benzene rings is 5. The maximum atomic E-state index is 11.9. The Morgan fingerprint density at radius 3 is 1.08 bits per heavy atom. The van der Waals surface area contributed by atoms with Crippen LogP contribution < -0.4 is 31.9 Å². The summed E-state index contributed by atoms with van der Waals surface area (Å²) < 4.78 is 14.9. The van der Waals surface area contributed by atoms with Gasteiger partial charge in [0.1, 0.15) is 46.0 Å². The molecule has 0 amide bonds. The van der Waals surface area contributed by atoms with Crippen LogP contribution in [0.1, 0.15) is 90.2 Å². The zero-order valence-electron chi connectivity index (χ0n) is 64.9. The molecular formula is C89H122N9O2+9. The second-order valence-electron chi connectivity index (χ2n) is 28.5. The highest BCUT2D eigenvalue weighted by Crippen LogP contribution is 2.17. The third-order valence-corrected chi connectivity index (χ3v) is 15.1. The van der Waals surface area contributed by atoms with Crippen LogP contribution in [0, 0.1) is 62.3 Å². The molecule has 0 bridgehead atoms. The summed E-state index contributed by atoms with van der Waals surface area (Å²) in [6.45, 7) is 27.2. The molecule has 0 atom stereocenters. The first-order chi connectivity index (χ1) is 47.2. The number of carbonyl (C=O) groups excluding carboxylic acids is 2. The summed E-state index contributed by atoms with van der Waals surface area (Å²) in [6, 6.07) is 69.8. The zero-order chi connectivity index (χ0) is 74.3. The highest BCUT2D eigenvalue weighted by molar-refractivity contribution is 5.97.